The minimum atomic E-state index is -1.30. The third-order valence-electron chi connectivity index (χ3n) is 10.6. The van der Waals surface area contributed by atoms with Crippen molar-refractivity contribution in [3.63, 3.8) is 0 Å². The maximum Gasteiger partial charge on any atom is 0.226 e. The van der Waals surface area contributed by atoms with Crippen LogP contribution in [0.25, 0.3) is 33.5 Å². The Bertz CT molecular complexity index is 2010. The summed E-state index contributed by atoms with van der Waals surface area (Å²) in [5.74, 6) is 0.886. The number of carbonyl (C=O) groups excluding carboxylic acids is 1. The number of aryl methyl sites for hydroxylation is 1. The maximum atomic E-state index is 15.7. The zero-order chi connectivity index (χ0) is 40.4. The molecule has 1 aliphatic carbocycles. The van der Waals surface area contributed by atoms with Crippen molar-refractivity contribution in [2.24, 2.45) is 5.92 Å². The maximum absolute atomic E-state index is 15.7. The summed E-state index contributed by atoms with van der Waals surface area (Å²) in [4.78, 5) is 20.2. The Hall–Kier alpha value is -3.15. The summed E-state index contributed by atoms with van der Waals surface area (Å²) in [6.07, 6.45) is 2.65. The Balaban J connectivity index is 1.34. The van der Waals surface area contributed by atoms with E-state index in [1.807, 2.05) is 15.6 Å². The standard InChI is InChI=1S/C42H64FN5O5Si3/c1-11-30-23-39(53-29-52-18-21-56(8,9)10)35(43)24-34(30)32-14-15-33-37(22-32)48(28-51-17-20-55(5,6)7)45-40(33)41-44-36-25-46(42(49)31-12-13-31)26-38(36)47(41)27-50-16-19-54(2,3)4/h14-15,22-24,31H,11-13,16-21,25-29H2,1-10H3. The molecule has 2 aromatic heterocycles. The second-order valence-corrected chi connectivity index (χ2v) is 36.1. The summed E-state index contributed by atoms with van der Waals surface area (Å²) in [5, 5.41) is 6.11. The van der Waals surface area contributed by atoms with Gasteiger partial charge in [0.2, 0.25) is 5.91 Å². The molecule has 0 N–H and O–H groups in total. The van der Waals surface area contributed by atoms with Crippen LogP contribution in [0.5, 0.6) is 5.75 Å². The van der Waals surface area contributed by atoms with Crippen LogP contribution in [0.1, 0.15) is 36.7 Å². The van der Waals surface area contributed by atoms with Gasteiger partial charge in [-0.3, -0.25) is 4.79 Å². The lowest BCUT2D eigenvalue weighted by Gasteiger charge is -2.18. The Kier molecular flexibility index (Phi) is 13.2. The molecule has 14 heteroatoms. The van der Waals surface area contributed by atoms with Crippen molar-refractivity contribution in [1.82, 2.24) is 24.2 Å². The van der Waals surface area contributed by atoms with Crippen LogP contribution in [0.15, 0.2) is 30.3 Å². The quantitative estimate of drug-likeness (QED) is 0.0498. The molecule has 0 saturated heterocycles. The molecule has 56 heavy (non-hydrogen) atoms. The molecule has 1 saturated carbocycles. The van der Waals surface area contributed by atoms with Gasteiger partial charge in [-0.1, -0.05) is 71.9 Å². The summed E-state index contributed by atoms with van der Waals surface area (Å²) in [5.41, 5.74) is 6.21. The lowest BCUT2D eigenvalue weighted by Crippen LogP contribution is -2.28. The summed E-state index contributed by atoms with van der Waals surface area (Å²) in [6.45, 7) is 26.6. The smallest absolute Gasteiger partial charge is 0.226 e. The van der Waals surface area contributed by atoms with E-state index >= 15 is 4.39 Å². The minimum Gasteiger partial charge on any atom is -0.464 e. The van der Waals surface area contributed by atoms with Crippen molar-refractivity contribution in [3.05, 3.63) is 53.1 Å². The number of fused-ring (bicyclic) bond motifs is 2. The third-order valence-corrected chi connectivity index (χ3v) is 15.7. The van der Waals surface area contributed by atoms with Gasteiger partial charge in [0, 0.05) is 55.3 Å². The Morgan fingerprint density at radius 1 is 0.839 bits per heavy atom. The van der Waals surface area contributed by atoms with Gasteiger partial charge in [-0.2, -0.15) is 5.10 Å². The van der Waals surface area contributed by atoms with Gasteiger partial charge in [-0.25, -0.2) is 14.1 Å². The van der Waals surface area contributed by atoms with Gasteiger partial charge in [-0.05, 0) is 78.4 Å². The third kappa shape index (κ3) is 10.9. The van der Waals surface area contributed by atoms with Crippen LogP contribution in [-0.2, 0) is 52.0 Å². The molecular weight excluding hydrogens is 758 g/mol. The van der Waals surface area contributed by atoms with Gasteiger partial charge in [0.15, 0.2) is 24.2 Å². The summed E-state index contributed by atoms with van der Waals surface area (Å²) < 4.78 is 43.8. The Morgan fingerprint density at radius 3 is 2.11 bits per heavy atom. The van der Waals surface area contributed by atoms with Gasteiger partial charge >= 0.3 is 0 Å². The molecule has 10 nitrogen and oxygen atoms in total. The van der Waals surface area contributed by atoms with Crippen molar-refractivity contribution >= 4 is 41.0 Å². The number of aromatic nitrogens is 4. The number of nitrogens with zero attached hydrogens (tertiary/aromatic N) is 5. The molecule has 0 spiro atoms. The van der Waals surface area contributed by atoms with Crippen molar-refractivity contribution in [1.29, 1.82) is 0 Å². The van der Waals surface area contributed by atoms with E-state index in [2.05, 4.69) is 82.5 Å². The lowest BCUT2D eigenvalue weighted by molar-refractivity contribution is -0.133. The molecule has 0 radical (unpaired) electrons. The normalized spacial score (nSPS) is 14.9. The highest BCUT2D eigenvalue weighted by Gasteiger charge is 2.38. The number of hydrogen-bond acceptors (Lipinski definition) is 7. The van der Waals surface area contributed by atoms with Gasteiger partial charge in [0.05, 0.1) is 30.0 Å². The summed E-state index contributed by atoms with van der Waals surface area (Å²) >= 11 is 0. The predicted octanol–water partition coefficient (Wildman–Crippen LogP) is 9.84. The molecule has 0 atom stereocenters. The van der Waals surface area contributed by atoms with Crippen LogP contribution in [0, 0.1) is 11.7 Å². The highest BCUT2D eigenvalue weighted by Crippen LogP contribution is 2.39. The lowest BCUT2D eigenvalue weighted by atomic mass is 9.96. The van der Waals surface area contributed by atoms with Gasteiger partial charge in [-0.15, -0.1) is 0 Å². The Morgan fingerprint density at radius 2 is 1.48 bits per heavy atom. The number of rotatable bonds is 20. The number of ether oxygens (including phenoxy) is 4. The highest BCUT2D eigenvalue weighted by atomic mass is 28.3. The molecule has 3 heterocycles. The highest BCUT2D eigenvalue weighted by molar-refractivity contribution is 6.76. The van der Waals surface area contributed by atoms with Crippen LogP contribution < -0.4 is 4.74 Å². The van der Waals surface area contributed by atoms with Crippen LogP contribution in [0.3, 0.4) is 0 Å². The molecule has 1 amide bonds. The molecule has 1 fully saturated rings. The fourth-order valence-electron chi connectivity index (χ4n) is 6.80. The molecule has 6 rings (SSSR count). The first-order chi connectivity index (χ1) is 26.4. The van der Waals surface area contributed by atoms with Gasteiger partial charge in [0.25, 0.3) is 0 Å². The fourth-order valence-corrected chi connectivity index (χ4v) is 9.07. The molecular formula is C42H64FN5O5Si3. The number of amides is 1. The van der Waals surface area contributed by atoms with Crippen molar-refractivity contribution < 1.29 is 28.1 Å². The second kappa shape index (κ2) is 17.4. The average molecular weight is 822 g/mol. The average Bonchev–Trinajstić information content (AvgIpc) is 3.67. The van der Waals surface area contributed by atoms with Crippen LogP contribution >= 0.6 is 0 Å². The molecule has 1 aliphatic heterocycles. The number of halogens is 1. The SMILES string of the molecule is CCc1cc(OCOCC[Si](C)(C)C)c(F)cc1-c1ccc2c(-c3nc4c(n3COCC[Si](C)(C)C)CN(C(=O)C3CC3)C4)nn(COCC[Si](C)(C)C)c2c1. The van der Waals surface area contributed by atoms with Crippen LogP contribution in [0.4, 0.5) is 4.39 Å². The van der Waals surface area contributed by atoms with E-state index in [1.165, 1.54) is 0 Å². The van der Waals surface area contributed by atoms with Crippen LogP contribution in [-0.4, -0.2) is 81.0 Å². The van der Waals surface area contributed by atoms with E-state index < -0.39 is 30.0 Å². The molecule has 4 aromatic rings. The molecule has 0 unspecified atom stereocenters. The number of benzene rings is 2. The van der Waals surface area contributed by atoms with E-state index in [9.17, 15) is 4.79 Å². The zero-order valence-electron chi connectivity index (χ0n) is 35.5. The first-order valence-corrected chi connectivity index (χ1v) is 31.6. The fraction of sp³-hybridized carbons (Fsp3) is 0.595. The molecule has 0 bridgehead atoms. The Labute approximate surface area is 336 Å². The predicted molar refractivity (Wildman–Crippen MR) is 231 cm³/mol. The van der Waals surface area contributed by atoms with Crippen molar-refractivity contribution in [2.45, 2.75) is 130 Å². The first kappa shape index (κ1) is 42.5. The monoisotopic (exact) mass is 821 g/mol. The van der Waals surface area contributed by atoms with Gasteiger partial charge < -0.3 is 28.4 Å². The van der Waals surface area contributed by atoms with Gasteiger partial charge in [0.1, 0.15) is 19.2 Å². The summed E-state index contributed by atoms with van der Waals surface area (Å²) in [6, 6.07) is 12.7. The number of carbonyl (C=O) groups is 1. The first-order valence-electron chi connectivity index (χ1n) is 20.5. The molecule has 306 valence electrons. The van der Waals surface area contributed by atoms with E-state index in [-0.39, 0.29) is 31.1 Å². The van der Waals surface area contributed by atoms with E-state index in [0.717, 1.165) is 81.5 Å². The number of imidazole rings is 1. The van der Waals surface area contributed by atoms with Crippen molar-refractivity contribution in [3.8, 4) is 28.4 Å². The second-order valence-electron chi connectivity index (χ2n) is 19.3. The topological polar surface area (TPSA) is 92.9 Å². The van der Waals surface area contributed by atoms with Crippen molar-refractivity contribution in [2.75, 3.05) is 26.6 Å². The van der Waals surface area contributed by atoms with E-state index in [1.54, 1.807) is 12.1 Å². The molecule has 2 aliphatic rings. The van der Waals surface area contributed by atoms with E-state index in [4.69, 9.17) is 29.0 Å². The van der Waals surface area contributed by atoms with Crippen LogP contribution in [0.2, 0.25) is 77.1 Å². The minimum absolute atomic E-state index is 0.0208. The summed E-state index contributed by atoms with van der Waals surface area (Å²) in [7, 11) is -3.83. The zero-order valence-corrected chi connectivity index (χ0v) is 38.5. The van der Waals surface area contributed by atoms with E-state index in [0.29, 0.717) is 46.1 Å². The largest absolute Gasteiger partial charge is 0.464 e. The molecule has 2 aromatic carbocycles. The number of hydrogen-bond donors (Lipinski definition) is 0.